The van der Waals surface area contributed by atoms with Crippen LogP contribution in [0, 0.1) is 0 Å². The predicted octanol–water partition coefficient (Wildman–Crippen LogP) is 5.88. The van der Waals surface area contributed by atoms with Crippen molar-refractivity contribution >= 4 is 11.6 Å². The molecule has 2 fully saturated rings. The number of halogens is 3. The molecule has 0 atom stereocenters. The number of alkyl halides is 3. The van der Waals surface area contributed by atoms with Crippen LogP contribution in [0.2, 0.25) is 0 Å². The van der Waals surface area contributed by atoms with E-state index in [2.05, 4.69) is 36.1 Å². The molecule has 0 spiro atoms. The zero-order chi connectivity index (χ0) is 26.4. The standard InChI is InChI=1S/C29H38F3N3O2/c1-2-3-21-4-6-22(7-5-21)23-10-15-34(16-11-23)17-14-28(36)35-18-12-24(13-19-35)37-25-8-9-27(33)26(20-25)29(30,31)32/h4-9,20,23-24H,2-3,10-19,33H2,1H3. The maximum Gasteiger partial charge on any atom is 0.418 e. The van der Waals surface area contributed by atoms with Crippen LogP contribution in [-0.2, 0) is 17.4 Å². The first-order valence-corrected chi connectivity index (χ1v) is 13.4. The minimum atomic E-state index is -4.52. The van der Waals surface area contributed by atoms with Gasteiger partial charge in [-0.25, -0.2) is 0 Å². The number of nitrogens with zero attached hydrogens (tertiary/aromatic N) is 2. The van der Waals surface area contributed by atoms with E-state index in [1.54, 1.807) is 0 Å². The van der Waals surface area contributed by atoms with Crippen LogP contribution >= 0.6 is 0 Å². The van der Waals surface area contributed by atoms with Crippen LogP contribution in [-0.4, -0.2) is 54.5 Å². The summed E-state index contributed by atoms with van der Waals surface area (Å²) in [5, 5.41) is 0. The number of likely N-dealkylation sites (tertiary alicyclic amines) is 2. The number of benzene rings is 2. The molecule has 0 bridgehead atoms. The quantitative estimate of drug-likeness (QED) is 0.445. The summed E-state index contributed by atoms with van der Waals surface area (Å²) in [5.74, 6) is 0.889. The third kappa shape index (κ3) is 7.40. The Morgan fingerprint density at radius 1 is 1.00 bits per heavy atom. The van der Waals surface area contributed by atoms with Gasteiger partial charge in [0.05, 0.1) is 5.56 Å². The number of amides is 1. The second-order valence-corrected chi connectivity index (χ2v) is 10.3. The highest BCUT2D eigenvalue weighted by Gasteiger charge is 2.34. The molecule has 1 amide bonds. The zero-order valence-corrected chi connectivity index (χ0v) is 21.6. The fraction of sp³-hybridized carbons (Fsp3) is 0.552. The van der Waals surface area contributed by atoms with Gasteiger partial charge in [-0.15, -0.1) is 0 Å². The van der Waals surface area contributed by atoms with Crippen LogP contribution in [0.25, 0.3) is 0 Å². The maximum absolute atomic E-state index is 13.1. The van der Waals surface area contributed by atoms with E-state index in [0.29, 0.717) is 38.3 Å². The molecule has 0 aromatic heterocycles. The van der Waals surface area contributed by atoms with Crippen molar-refractivity contribution in [3.05, 3.63) is 59.2 Å². The second kappa shape index (κ2) is 12.2. The SMILES string of the molecule is CCCc1ccc(C2CCN(CCC(=O)N3CCC(Oc4ccc(N)c(C(F)(F)F)c4)CC3)CC2)cc1. The Morgan fingerprint density at radius 2 is 1.68 bits per heavy atom. The number of ether oxygens (including phenoxy) is 1. The van der Waals surface area contributed by atoms with E-state index in [9.17, 15) is 18.0 Å². The van der Waals surface area contributed by atoms with Gasteiger partial charge in [0.2, 0.25) is 5.91 Å². The lowest BCUT2D eigenvalue weighted by Crippen LogP contribution is -2.43. The molecular formula is C29H38F3N3O2. The third-order valence-electron chi connectivity index (χ3n) is 7.65. The van der Waals surface area contributed by atoms with Gasteiger partial charge in [-0.05, 0) is 67.6 Å². The topological polar surface area (TPSA) is 58.8 Å². The van der Waals surface area contributed by atoms with Crippen molar-refractivity contribution in [2.24, 2.45) is 0 Å². The van der Waals surface area contributed by atoms with Crippen molar-refractivity contribution in [3.63, 3.8) is 0 Å². The van der Waals surface area contributed by atoms with Crippen LogP contribution in [0.1, 0.15) is 68.1 Å². The second-order valence-electron chi connectivity index (χ2n) is 10.3. The molecule has 8 heteroatoms. The first-order chi connectivity index (χ1) is 17.7. The van der Waals surface area contributed by atoms with Gasteiger partial charge >= 0.3 is 6.18 Å². The lowest BCUT2D eigenvalue weighted by molar-refractivity contribution is -0.137. The number of hydrogen-bond acceptors (Lipinski definition) is 4. The normalized spacial score (nSPS) is 18.2. The Kier molecular flexibility index (Phi) is 9.00. The summed E-state index contributed by atoms with van der Waals surface area (Å²) < 4.78 is 45.1. The molecule has 2 N–H and O–H groups in total. The van der Waals surface area contributed by atoms with Crippen molar-refractivity contribution in [2.45, 2.75) is 70.1 Å². The Bertz CT molecular complexity index is 1030. The van der Waals surface area contributed by atoms with E-state index < -0.39 is 11.7 Å². The molecule has 2 aliphatic rings. The largest absolute Gasteiger partial charge is 0.490 e. The number of nitrogens with two attached hydrogens (primary N) is 1. The number of carbonyl (C=O) groups is 1. The molecule has 2 aliphatic heterocycles. The van der Waals surface area contributed by atoms with Gasteiger partial charge in [-0.2, -0.15) is 13.2 Å². The van der Waals surface area contributed by atoms with Gasteiger partial charge in [0, 0.05) is 44.6 Å². The molecule has 37 heavy (non-hydrogen) atoms. The fourth-order valence-electron chi connectivity index (χ4n) is 5.42. The van der Waals surface area contributed by atoms with Crippen molar-refractivity contribution in [1.29, 1.82) is 0 Å². The maximum atomic E-state index is 13.1. The van der Waals surface area contributed by atoms with Crippen molar-refractivity contribution in [2.75, 3.05) is 38.5 Å². The average Bonchev–Trinajstić information content (AvgIpc) is 2.89. The van der Waals surface area contributed by atoms with Gasteiger partial charge in [0.1, 0.15) is 11.9 Å². The zero-order valence-electron chi connectivity index (χ0n) is 21.6. The van der Waals surface area contributed by atoms with E-state index >= 15 is 0 Å². The number of hydrogen-bond donors (Lipinski definition) is 1. The minimum absolute atomic E-state index is 0.138. The van der Waals surface area contributed by atoms with Crippen LogP contribution in [0.3, 0.4) is 0 Å². The Balaban J connectivity index is 1.17. The molecular weight excluding hydrogens is 479 g/mol. The van der Waals surface area contributed by atoms with Gasteiger partial charge in [0.15, 0.2) is 0 Å². The fourth-order valence-corrected chi connectivity index (χ4v) is 5.42. The van der Waals surface area contributed by atoms with E-state index in [4.69, 9.17) is 10.5 Å². The smallest absolute Gasteiger partial charge is 0.418 e. The first-order valence-electron chi connectivity index (χ1n) is 13.4. The van der Waals surface area contributed by atoms with Crippen LogP contribution < -0.4 is 10.5 Å². The molecule has 0 radical (unpaired) electrons. The Morgan fingerprint density at radius 3 is 2.30 bits per heavy atom. The monoisotopic (exact) mass is 517 g/mol. The minimum Gasteiger partial charge on any atom is -0.490 e. The molecule has 2 saturated heterocycles. The molecule has 0 unspecified atom stereocenters. The number of aryl methyl sites for hydroxylation is 1. The van der Waals surface area contributed by atoms with Crippen LogP contribution in [0.5, 0.6) is 5.75 Å². The van der Waals surface area contributed by atoms with Gasteiger partial charge in [0.25, 0.3) is 0 Å². The molecule has 2 aromatic rings. The van der Waals surface area contributed by atoms with Crippen molar-refractivity contribution in [3.8, 4) is 5.75 Å². The van der Waals surface area contributed by atoms with Gasteiger partial charge in [-0.1, -0.05) is 37.6 Å². The Hall–Kier alpha value is -2.74. The molecule has 4 rings (SSSR count). The number of anilines is 1. The highest BCUT2D eigenvalue weighted by molar-refractivity contribution is 5.76. The van der Waals surface area contributed by atoms with E-state index in [1.807, 2.05) is 4.90 Å². The van der Waals surface area contributed by atoms with Gasteiger partial charge < -0.3 is 20.3 Å². The van der Waals surface area contributed by atoms with E-state index in [1.165, 1.54) is 23.3 Å². The van der Waals surface area contributed by atoms with Crippen LogP contribution in [0.15, 0.2) is 42.5 Å². The number of carbonyl (C=O) groups excluding carboxylic acids is 1. The average molecular weight is 518 g/mol. The summed E-state index contributed by atoms with van der Waals surface area (Å²) in [6.07, 6.45) is 1.48. The highest BCUT2D eigenvalue weighted by Crippen LogP contribution is 2.36. The lowest BCUT2D eigenvalue weighted by Gasteiger charge is -2.34. The van der Waals surface area contributed by atoms with E-state index in [-0.39, 0.29) is 23.4 Å². The summed E-state index contributed by atoms with van der Waals surface area (Å²) >= 11 is 0. The summed E-state index contributed by atoms with van der Waals surface area (Å²) in [5.41, 5.74) is 7.10. The molecule has 2 heterocycles. The predicted molar refractivity (Wildman–Crippen MR) is 140 cm³/mol. The van der Waals surface area contributed by atoms with Crippen molar-refractivity contribution < 1.29 is 22.7 Å². The third-order valence-corrected chi connectivity index (χ3v) is 7.65. The van der Waals surface area contributed by atoms with E-state index in [0.717, 1.165) is 51.4 Å². The first kappa shape index (κ1) is 27.3. The summed E-state index contributed by atoms with van der Waals surface area (Å²) in [7, 11) is 0. The van der Waals surface area contributed by atoms with Crippen LogP contribution in [0.4, 0.5) is 18.9 Å². The van der Waals surface area contributed by atoms with Crippen molar-refractivity contribution in [1.82, 2.24) is 9.80 Å². The molecule has 2 aromatic carbocycles. The number of piperidine rings is 2. The molecule has 0 saturated carbocycles. The summed E-state index contributed by atoms with van der Waals surface area (Å²) in [4.78, 5) is 17.0. The number of nitrogen functional groups attached to an aromatic ring is 1. The molecule has 202 valence electrons. The highest BCUT2D eigenvalue weighted by atomic mass is 19.4. The number of rotatable bonds is 8. The summed E-state index contributed by atoms with van der Waals surface area (Å²) in [6, 6.07) is 12.7. The Labute approximate surface area is 217 Å². The molecule has 5 nitrogen and oxygen atoms in total. The van der Waals surface area contributed by atoms with Gasteiger partial charge in [-0.3, -0.25) is 4.79 Å². The lowest BCUT2D eigenvalue weighted by atomic mass is 9.88. The molecule has 0 aliphatic carbocycles. The summed E-state index contributed by atoms with van der Waals surface area (Å²) in [6.45, 7) is 6.09.